The van der Waals surface area contributed by atoms with E-state index in [9.17, 15) is 0 Å². The standard InChI is InChI=1S/C17H12Cl2N4S/c1-10-3-2-4-12(7-10)16-20-21-17-23(16)22-15(9-24-17)11-5-6-13(18)14(19)8-11/h2-8H,9H2,1H3. The van der Waals surface area contributed by atoms with Crippen LogP contribution in [0, 0.1) is 6.92 Å². The molecule has 4 rings (SSSR count). The van der Waals surface area contributed by atoms with Crippen LogP contribution >= 0.6 is 35.0 Å². The molecular weight excluding hydrogens is 363 g/mol. The van der Waals surface area contributed by atoms with E-state index in [4.69, 9.17) is 28.3 Å². The zero-order valence-corrected chi connectivity index (χ0v) is 15.0. The van der Waals surface area contributed by atoms with Crippen LogP contribution in [-0.4, -0.2) is 26.3 Å². The second-order valence-corrected chi connectivity index (χ2v) is 7.21. The third-order valence-electron chi connectivity index (χ3n) is 3.70. The van der Waals surface area contributed by atoms with E-state index in [2.05, 4.69) is 29.3 Å². The fourth-order valence-corrected chi connectivity index (χ4v) is 3.65. The lowest BCUT2D eigenvalue weighted by Crippen LogP contribution is -2.13. The van der Waals surface area contributed by atoms with Crippen molar-refractivity contribution in [3.05, 3.63) is 63.6 Å². The number of benzene rings is 2. The van der Waals surface area contributed by atoms with Gasteiger partial charge in [-0.25, -0.2) is 0 Å². The van der Waals surface area contributed by atoms with Crippen LogP contribution in [0.3, 0.4) is 0 Å². The fourth-order valence-electron chi connectivity index (χ4n) is 2.51. The number of rotatable bonds is 2. The van der Waals surface area contributed by atoms with Crippen molar-refractivity contribution < 1.29 is 0 Å². The van der Waals surface area contributed by atoms with E-state index in [1.807, 2.05) is 24.3 Å². The van der Waals surface area contributed by atoms with Crippen LogP contribution in [0.1, 0.15) is 11.1 Å². The molecule has 7 heteroatoms. The van der Waals surface area contributed by atoms with Crippen LogP contribution in [0.25, 0.3) is 11.4 Å². The summed E-state index contributed by atoms with van der Waals surface area (Å²) >= 11 is 13.7. The molecule has 0 aliphatic carbocycles. The quantitative estimate of drug-likeness (QED) is 0.639. The first-order valence-electron chi connectivity index (χ1n) is 7.30. The van der Waals surface area contributed by atoms with Gasteiger partial charge in [0.1, 0.15) is 0 Å². The lowest BCUT2D eigenvalue weighted by atomic mass is 10.1. The highest BCUT2D eigenvalue weighted by Crippen LogP contribution is 2.30. The lowest BCUT2D eigenvalue weighted by molar-refractivity contribution is 0.762. The number of hydrogen-bond donors (Lipinski definition) is 0. The second kappa shape index (κ2) is 6.24. The van der Waals surface area contributed by atoms with Crippen LogP contribution in [0.15, 0.2) is 52.7 Å². The Morgan fingerprint density at radius 1 is 1.00 bits per heavy atom. The van der Waals surface area contributed by atoms with Crippen molar-refractivity contribution in [3.8, 4) is 11.4 Å². The third kappa shape index (κ3) is 2.83. The van der Waals surface area contributed by atoms with Crippen molar-refractivity contribution in [1.29, 1.82) is 0 Å². The maximum Gasteiger partial charge on any atom is 0.212 e. The Morgan fingerprint density at radius 3 is 2.67 bits per heavy atom. The minimum Gasteiger partial charge on any atom is -0.187 e. The summed E-state index contributed by atoms with van der Waals surface area (Å²) in [5, 5.41) is 15.1. The first kappa shape index (κ1) is 15.7. The molecule has 3 aromatic rings. The maximum absolute atomic E-state index is 6.13. The Morgan fingerprint density at radius 2 is 1.88 bits per heavy atom. The molecule has 0 radical (unpaired) electrons. The molecule has 0 saturated heterocycles. The molecule has 0 spiro atoms. The van der Waals surface area contributed by atoms with Crippen molar-refractivity contribution >= 4 is 40.7 Å². The number of fused-ring (bicyclic) bond motifs is 1. The summed E-state index contributed by atoms with van der Waals surface area (Å²) in [5.41, 5.74) is 4.03. The normalized spacial score (nSPS) is 13.5. The highest BCUT2D eigenvalue weighted by Gasteiger charge is 2.21. The van der Waals surface area contributed by atoms with Gasteiger partial charge in [0.2, 0.25) is 5.16 Å². The fraction of sp³-hybridized carbons (Fsp3) is 0.118. The molecule has 0 atom stereocenters. The number of hydrogen-bond acceptors (Lipinski definition) is 4. The monoisotopic (exact) mass is 374 g/mol. The van der Waals surface area contributed by atoms with Crippen LogP contribution in [-0.2, 0) is 0 Å². The summed E-state index contributed by atoms with van der Waals surface area (Å²) in [5.74, 6) is 1.45. The van der Waals surface area contributed by atoms with Crippen LogP contribution in [0.4, 0.5) is 0 Å². The van der Waals surface area contributed by atoms with Crippen LogP contribution < -0.4 is 0 Å². The van der Waals surface area contributed by atoms with Crippen LogP contribution in [0.5, 0.6) is 0 Å². The van der Waals surface area contributed by atoms with Gasteiger partial charge in [0.15, 0.2) is 5.82 Å². The van der Waals surface area contributed by atoms with Gasteiger partial charge in [-0.2, -0.15) is 9.78 Å². The largest absolute Gasteiger partial charge is 0.212 e. The SMILES string of the molecule is Cc1cccc(-c2nnc3n2N=C(c2ccc(Cl)c(Cl)c2)CS3)c1. The van der Waals surface area contributed by atoms with Crippen LogP contribution in [0.2, 0.25) is 10.0 Å². The molecule has 120 valence electrons. The molecule has 0 unspecified atom stereocenters. The van der Waals surface area contributed by atoms with E-state index in [-0.39, 0.29) is 0 Å². The van der Waals surface area contributed by atoms with Gasteiger partial charge in [-0.15, -0.1) is 10.2 Å². The molecule has 0 fully saturated rings. The Labute approximate surface area is 153 Å². The van der Waals surface area contributed by atoms with Gasteiger partial charge >= 0.3 is 0 Å². The molecule has 2 heterocycles. The molecule has 4 nitrogen and oxygen atoms in total. The van der Waals surface area contributed by atoms with Gasteiger partial charge in [-0.05, 0) is 25.1 Å². The van der Waals surface area contributed by atoms with Gasteiger partial charge in [-0.3, -0.25) is 0 Å². The smallest absolute Gasteiger partial charge is 0.187 e. The number of aryl methyl sites for hydroxylation is 1. The van der Waals surface area contributed by atoms with Gasteiger partial charge in [0.05, 0.1) is 15.8 Å². The Bertz CT molecular complexity index is 965. The molecule has 0 amide bonds. The molecule has 2 aromatic carbocycles. The molecule has 24 heavy (non-hydrogen) atoms. The Balaban J connectivity index is 1.80. The van der Waals surface area contributed by atoms with Gasteiger partial charge in [0.25, 0.3) is 0 Å². The van der Waals surface area contributed by atoms with Gasteiger partial charge in [0, 0.05) is 16.9 Å². The molecule has 1 aromatic heterocycles. The van der Waals surface area contributed by atoms with Crippen molar-refractivity contribution in [1.82, 2.24) is 14.9 Å². The van der Waals surface area contributed by atoms with E-state index < -0.39 is 0 Å². The Hall–Kier alpha value is -1.82. The molecule has 0 N–H and O–H groups in total. The summed E-state index contributed by atoms with van der Waals surface area (Å²) in [4.78, 5) is 0. The minimum atomic E-state index is 0.523. The summed E-state index contributed by atoms with van der Waals surface area (Å²) in [6, 6.07) is 13.7. The van der Waals surface area contributed by atoms with Crippen molar-refractivity contribution in [2.75, 3.05) is 5.75 Å². The third-order valence-corrected chi connectivity index (χ3v) is 5.37. The van der Waals surface area contributed by atoms with Crippen molar-refractivity contribution in [3.63, 3.8) is 0 Å². The summed E-state index contributed by atoms with van der Waals surface area (Å²) in [7, 11) is 0. The zero-order valence-electron chi connectivity index (χ0n) is 12.7. The van der Waals surface area contributed by atoms with Gasteiger partial charge < -0.3 is 0 Å². The van der Waals surface area contributed by atoms with E-state index >= 15 is 0 Å². The van der Waals surface area contributed by atoms with E-state index in [1.165, 1.54) is 5.56 Å². The number of nitrogens with zero attached hydrogens (tertiary/aromatic N) is 4. The summed E-state index contributed by atoms with van der Waals surface area (Å²) in [6.45, 7) is 2.05. The average Bonchev–Trinajstić information content (AvgIpc) is 3.00. The molecule has 1 aliphatic heterocycles. The van der Waals surface area contributed by atoms with Crippen molar-refractivity contribution in [2.45, 2.75) is 12.1 Å². The molecular formula is C17H12Cl2N4S. The van der Waals surface area contributed by atoms with Gasteiger partial charge in [-0.1, -0.05) is 64.8 Å². The summed E-state index contributed by atoms with van der Waals surface area (Å²) < 4.78 is 1.79. The molecule has 0 saturated carbocycles. The van der Waals surface area contributed by atoms with E-state index in [1.54, 1.807) is 22.5 Å². The number of halogens is 2. The maximum atomic E-state index is 6.13. The topological polar surface area (TPSA) is 43.1 Å². The Kier molecular flexibility index (Phi) is 4.08. The lowest BCUT2D eigenvalue weighted by Gasteiger charge is -2.14. The minimum absolute atomic E-state index is 0.523. The van der Waals surface area contributed by atoms with E-state index in [0.717, 1.165) is 27.8 Å². The molecule has 0 bridgehead atoms. The zero-order chi connectivity index (χ0) is 16.7. The number of thioether (sulfide) groups is 1. The number of aromatic nitrogens is 3. The van der Waals surface area contributed by atoms with Crippen molar-refractivity contribution in [2.24, 2.45) is 5.10 Å². The second-order valence-electron chi connectivity index (χ2n) is 5.45. The molecule has 1 aliphatic rings. The predicted octanol–water partition coefficient (Wildman–Crippen LogP) is 4.92. The first-order valence-corrected chi connectivity index (χ1v) is 9.04. The predicted molar refractivity (Wildman–Crippen MR) is 99.3 cm³/mol. The van der Waals surface area contributed by atoms with E-state index in [0.29, 0.717) is 15.8 Å². The first-order chi connectivity index (χ1) is 11.6. The highest BCUT2D eigenvalue weighted by atomic mass is 35.5. The summed E-state index contributed by atoms with van der Waals surface area (Å²) in [6.07, 6.45) is 0. The average molecular weight is 375 g/mol. The highest BCUT2D eigenvalue weighted by molar-refractivity contribution is 7.99.